The molecule has 3 rings (SSSR count). The normalized spacial score (nSPS) is 10.8. The van der Waals surface area contributed by atoms with E-state index < -0.39 is 0 Å². The van der Waals surface area contributed by atoms with Gasteiger partial charge in [0.25, 0.3) is 0 Å². The molecule has 3 N–H and O–H groups in total. The summed E-state index contributed by atoms with van der Waals surface area (Å²) >= 11 is 11.5. The number of aryl methyl sites for hydroxylation is 2. The maximum atomic E-state index is 6.09. The third-order valence-electron chi connectivity index (χ3n) is 4.05. The van der Waals surface area contributed by atoms with Crippen LogP contribution in [0.5, 0.6) is 0 Å². The largest absolute Gasteiger partial charge is 0.362 e. The van der Waals surface area contributed by atoms with Crippen LogP contribution in [0.25, 0.3) is 10.9 Å². The van der Waals surface area contributed by atoms with E-state index in [1.54, 1.807) is 0 Å². The van der Waals surface area contributed by atoms with Crippen molar-refractivity contribution in [2.75, 3.05) is 11.9 Å². The van der Waals surface area contributed by atoms with E-state index in [9.17, 15) is 0 Å². The highest BCUT2D eigenvalue weighted by atomic mass is 35.5. The average molecular weight is 358 g/mol. The Bertz CT molecular complexity index is 885. The summed E-state index contributed by atoms with van der Waals surface area (Å²) in [6.45, 7) is 4.90. The molecule has 0 atom stereocenters. The number of H-pyrrole nitrogens is 1. The number of fused-ring (bicyclic) bond motifs is 1. The zero-order chi connectivity index (χ0) is 17.1. The molecule has 0 spiro atoms. The smallest absolute Gasteiger partial charge is 0.170 e. The molecule has 0 fully saturated rings. The van der Waals surface area contributed by atoms with Gasteiger partial charge in [0.1, 0.15) is 0 Å². The standard InChI is InChI=1S/C19H20ClN3S/c1-12-3-4-13(2)18(9-12)23-19(24)21-8-7-14-11-22-17-6-5-15(20)10-16(14)17/h3-6,9-11,22H,7-8H2,1-2H3,(H2,21,23,24). The van der Waals surface area contributed by atoms with E-state index in [4.69, 9.17) is 23.8 Å². The molecular formula is C19H20ClN3S. The number of benzene rings is 2. The monoisotopic (exact) mass is 357 g/mol. The number of aromatic nitrogens is 1. The second-order valence-electron chi connectivity index (χ2n) is 5.95. The van der Waals surface area contributed by atoms with Gasteiger partial charge in [0.05, 0.1) is 0 Å². The maximum absolute atomic E-state index is 6.09. The van der Waals surface area contributed by atoms with Crippen molar-refractivity contribution in [3.05, 3.63) is 64.3 Å². The summed E-state index contributed by atoms with van der Waals surface area (Å²) in [5.41, 5.74) is 5.77. The number of nitrogens with one attached hydrogen (secondary N) is 3. The molecule has 5 heteroatoms. The molecule has 0 unspecified atom stereocenters. The van der Waals surface area contributed by atoms with E-state index in [1.807, 2.05) is 24.4 Å². The van der Waals surface area contributed by atoms with Gasteiger partial charge >= 0.3 is 0 Å². The minimum absolute atomic E-state index is 0.640. The summed E-state index contributed by atoms with van der Waals surface area (Å²) in [6, 6.07) is 12.2. The lowest BCUT2D eigenvalue weighted by Gasteiger charge is -2.13. The topological polar surface area (TPSA) is 39.8 Å². The Morgan fingerprint density at radius 2 is 2.00 bits per heavy atom. The van der Waals surface area contributed by atoms with Gasteiger partial charge in [-0.2, -0.15) is 0 Å². The fraction of sp³-hybridized carbons (Fsp3) is 0.211. The molecule has 124 valence electrons. The highest BCUT2D eigenvalue weighted by Gasteiger charge is 2.05. The molecule has 1 heterocycles. The minimum Gasteiger partial charge on any atom is -0.362 e. The summed E-state index contributed by atoms with van der Waals surface area (Å²) in [7, 11) is 0. The third kappa shape index (κ3) is 3.89. The Balaban J connectivity index is 1.58. The molecular weight excluding hydrogens is 338 g/mol. The number of hydrogen-bond acceptors (Lipinski definition) is 1. The lowest BCUT2D eigenvalue weighted by molar-refractivity contribution is 0.878. The molecule has 0 bridgehead atoms. The highest BCUT2D eigenvalue weighted by molar-refractivity contribution is 7.80. The zero-order valence-electron chi connectivity index (χ0n) is 13.7. The molecule has 2 aromatic carbocycles. The fourth-order valence-electron chi connectivity index (χ4n) is 2.71. The summed E-state index contributed by atoms with van der Waals surface area (Å²) in [4.78, 5) is 3.27. The average Bonchev–Trinajstić information content (AvgIpc) is 2.93. The first-order valence-corrected chi connectivity index (χ1v) is 8.69. The minimum atomic E-state index is 0.640. The van der Waals surface area contributed by atoms with Crippen LogP contribution in [0.15, 0.2) is 42.6 Å². The van der Waals surface area contributed by atoms with Crippen molar-refractivity contribution >= 4 is 45.5 Å². The van der Waals surface area contributed by atoms with Gasteiger partial charge in [0, 0.05) is 34.4 Å². The van der Waals surface area contributed by atoms with Crippen molar-refractivity contribution < 1.29 is 0 Å². The SMILES string of the molecule is Cc1ccc(C)c(NC(=S)NCCc2c[nH]c3ccc(Cl)cc23)c1. The van der Waals surface area contributed by atoms with Crippen molar-refractivity contribution in [3.8, 4) is 0 Å². The van der Waals surface area contributed by atoms with E-state index in [1.165, 1.54) is 16.7 Å². The van der Waals surface area contributed by atoms with Crippen molar-refractivity contribution in [2.45, 2.75) is 20.3 Å². The lowest BCUT2D eigenvalue weighted by atomic mass is 10.1. The Kier molecular flexibility index (Phi) is 5.07. The van der Waals surface area contributed by atoms with Crippen molar-refractivity contribution in [1.29, 1.82) is 0 Å². The number of thiocarbonyl (C=S) groups is 1. The molecule has 0 aliphatic rings. The van der Waals surface area contributed by atoms with E-state index >= 15 is 0 Å². The molecule has 0 saturated heterocycles. The molecule has 0 saturated carbocycles. The number of halogens is 1. The van der Waals surface area contributed by atoms with Gasteiger partial charge in [0.2, 0.25) is 0 Å². The van der Waals surface area contributed by atoms with Gasteiger partial charge in [-0.3, -0.25) is 0 Å². The van der Waals surface area contributed by atoms with Crippen LogP contribution in [0.2, 0.25) is 5.02 Å². The molecule has 3 nitrogen and oxygen atoms in total. The van der Waals surface area contributed by atoms with Crippen molar-refractivity contribution in [2.24, 2.45) is 0 Å². The van der Waals surface area contributed by atoms with Crippen LogP contribution in [0.3, 0.4) is 0 Å². The third-order valence-corrected chi connectivity index (χ3v) is 4.53. The molecule has 0 amide bonds. The predicted octanol–water partition coefficient (Wildman–Crippen LogP) is 4.97. The Morgan fingerprint density at radius 3 is 2.83 bits per heavy atom. The first kappa shape index (κ1) is 16.8. The van der Waals surface area contributed by atoms with E-state index in [-0.39, 0.29) is 0 Å². The predicted molar refractivity (Wildman–Crippen MR) is 107 cm³/mol. The number of rotatable bonds is 4. The summed E-state index contributed by atoms with van der Waals surface area (Å²) < 4.78 is 0. The van der Waals surface area contributed by atoms with Crippen LogP contribution in [0.4, 0.5) is 5.69 Å². The van der Waals surface area contributed by atoms with Crippen molar-refractivity contribution in [1.82, 2.24) is 10.3 Å². The Labute approximate surface area is 152 Å². The van der Waals surface area contributed by atoms with Gasteiger partial charge < -0.3 is 15.6 Å². The Morgan fingerprint density at radius 1 is 1.17 bits per heavy atom. The molecule has 0 aliphatic carbocycles. The summed E-state index contributed by atoms with van der Waals surface area (Å²) in [6.07, 6.45) is 2.90. The molecule has 0 aliphatic heterocycles. The second-order valence-corrected chi connectivity index (χ2v) is 6.80. The highest BCUT2D eigenvalue weighted by Crippen LogP contribution is 2.22. The van der Waals surface area contributed by atoms with Gasteiger partial charge in [-0.15, -0.1) is 0 Å². The van der Waals surface area contributed by atoms with Gasteiger partial charge in [-0.05, 0) is 73.4 Å². The van der Waals surface area contributed by atoms with Gasteiger partial charge in [-0.1, -0.05) is 23.7 Å². The van der Waals surface area contributed by atoms with Crippen LogP contribution in [-0.4, -0.2) is 16.6 Å². The van der Waals surface area contributed by atoms with E-state index in [0.717, 1.165) is 34.6 Å². The van der Waals surface area contributed by atoms with Gasteiger partial charge in [0.15, 0.2) is 5.11 Å². The van der Waals surface area contributed by atoms with E-state index in [0.29, 0.717) is 5.11 Å². The quantitative estimate of drug-likeness (QED) is 0.577. The zero-order valence-corrected chi connectivity index (χ0v) is 15.3. The van der Waals surface area contributed by atoms with Crippen LogP contribution in [-0.2, 0) is 6.42 Å². The molecule has 1 aromatic heterocycles. The molecule has 24 heavy (non-hydrogen) atoms. The summed E-state index contributed by atoms with van der Waals surface area (Å²) in [5.74, 6) is 0. The second kappa shape index (κ2) is 7.24. The van der Waals surface area contributed by atoms with Crippen LogP contribution in [0, 0.1) is 13.8 Å². The first-order valence-electron chi connectivity index (χ1n) is 7.90. The first-order chi connectivity index (χ1) is 11.5. The van der Waals surface area contributed by atoms with Gasteiger partial charge in [-0.25, -0.2) is 0 Å². The number of anilines is 1. The fourth-order valence-corrected chi connectivity index (χ4v) is 3.09. The number of aromatic amines is 1. The van der Waals surface area contributed by atoms with Crippen LogP contribution in [0.1, 0.15) is 16.7 Å². The summed E-state index contributed by atoms with van der Waals surface area (Å²) in [5, 5.41) is 9.10. The Hall–Kier alpha value is -2.04. The molecule has 0 radical (unpaired) electrons. The van der Waals surface area contributed by atoms with Crippen molar-refractivity contribution in [3.63, 3.8) is 0 Å². The van der Waals surface area contributed by atoms with Crippen LogP contribution < -0.4 is 10.6 Å². The molecule has 3 aromatic rings. The lowest BCUT2D eigenvalue weighted by Crippen LogP contribution is -2.30. The van der Waals surface area contributed by atoms with E-state index in [2.05, 4.69) is 47.7 Å². The number of hydrogen-bond donors (Lipinski definition) is 3. The maximum Gasteiger partial charge on any atom is 0.170 e. The van der Waals surface area contributed by atoms with Crippen LogP contribution >= 0.6 is 23.8 Å².